The first-order valence-corrected chi connectivity index (χ1v) is 6.44. The summed E-state index contributed by atoms with van der Waals surface area (Å²) in [7, 11) is 3.89. The van der Waals surface area contributed by atoms with Gasteiger partial charge in [0, 0.05) is 38.9 Å². The number of amides is 1. The van der Waals surface area contributed by atoms with Crippen LogP contribution in [0.4, 0.5) is 5.69 Å². The van der Waals surface area contributed by atoms with Gasteiger partial charge in [-0.15, -0.1) is 0 Å². The number of hydrogen-bond acceptors (Lipinski definition) is 3. The first kappa shape index (κ1) is 13.2. The summed E-state index contributed by atoms with van der Waals surface area (Å²) in [6.45, 7) is 3.36. The molecule has 1 aliphatic rings. The van der Waals surface area contributed by atoms with Crippen LogP contribution in [-0.4, -0.2) is 56.0 Å². The van der Waals surface area contributed by atoms with E-state index < -0.39 is 0 Å². The van der Waals surface area contributed by atoms with Gasteiger partial charge in [-0.2, -0.15) is 0 Å². The molecule has 18 heavy (non-hydrogen) atoms. The minimum Gasteiger partial charge on any atom is -0.388 e. The third-order valence-electron chi connectivity index (χ3n) is 3.28. The van der Waals surface area contributed by atoms with Crippen molar-refractivity contribution in [2.45, 2.75) is 0 Å². The summed E-state index contributed by atoms with van der Waals surface area (Å²) in [5.74, 6) is 0.0238. The molecule has 98 valence electrons. The standard InChI is InChI=1S/C13H18ClN3O/c1-15-10-3-4-11(12(14)9-10)13(18)17-7-5-16(2)6-8-17/h3-4,9,15H,5-8H2,1-2H3. The van der Waals surface area contributed by atoms with Crippen LogP contribution in [-0.2, 0) is 0 Å². The molecule has 1 aromatic rings. The third kappa shape index (κ3) is 2.76. The van der Waals surface area contributed by atoms with Gasteiger partial charge in [-0.1, -0.05) is 11.6 Å². The van der Waals surface area contributed by atoms with E-state index in [-0.39, 0.29) is 5.91 Å². The molecule has 1 fully saturated rings. The van der Waals surface area contributed by atoms with Crippen molar-refractivity contribution in [3.8, 4) is 0 Å². The van der Waals surface area contributed by atoms with Gasteiger partial charge in [-0.3, -0.25) is 4.79 Å². The molecule has 2 rings (SSSR count). The highest BCUT2D eigenvalue weighted by Gasteiger charge is 2.22. The van der Waals surface area contributed by atoms with Gasteiger partial charge in [0.05, 0.1) is 10.6 Å². The SMILES string of the molecule is CNc1ccc(C(=O)N2CCN(C)CC2)c(Cl)c1. The molecule has 0 unspecified atom stereocenters. The molecule has 1 saturated heterocycles. The summed E-state index contributed by atoms with van der Waals surface area (Å²) < 4.78 is 0. The second-order valence-electron chi connectivity index (χ2n) is 4.54. The molecule has 5 heteroatoms. The summed E-state index contributed by atoms with van der Waals surface area (Å²) in [6.07, 6.45) is 0. The minimum absolute atomic E-state index is 0.0238. The van der Waals surface area contributed by atoms with E-state index in [1.165, 1.54) is 0 Å². The highest BCUT2D eigenvalue weighted by atomic mass is 35.5. The highest BCUT2D eigenvalue weighted by Crippen LogP contribution is 2.22. The van der Waals surface area contributed by atoms with Gasteiger partial charge in [0.15, 0.2) is 0 Å². The number of anilines is 1. The number of likely N-dealkylation sites (N-methyl/N-ethyl adjacent to an activating group) is 1. The van der Waals surface area contributed by atoms with Crippen LogP contribution in [0.25, 0.3) is 0 Å². The Hall–Kier alpha value is -1.26. The molecular weight excluding hydrogens is 250 g/mol. The maximum Gasteiger partial charge on any atom is 0.255 e. The monoisotopic (exact) mass is 267 g/mol. The van der Waals surface area contributed by atoms with E-state index in [4.69, 9.17) is 11.6 Å². The van der Waals surface area contributed by atoms with Crippen LogP contribution in [0, 0.1) is 0 Å². The smallest absolute Gasteiger partial charge is 0.255 e. The van der Waals surface area contributed by atoms with E-state index in [0.29, 0.717) is 10.6 Å². The Labute approximate surface area is 113 Å². The summed E-state index contributed by atoms with van der Waals surface area (Å²) >= 11 is 6.15. The predicted molar refractivity (Wildman–Crippen MR) is 74.4 cm³/mol. The van der Waals surface area contributed by atoms with E-state index in [2.05, 4.69) is 17.3 Å². The summed E-state index contributed by atoms with van der Waals surface area (Å²) in [5, 5.41) is 3.51. The van der Waals surface area contributed by atoms with Crippen molar-refractivity contribution in [1.29, 1.82) is 0 Å². The fraction of sp³-hybridized carbons (Fsp3) is 0.462. The van der Waals surface area contributed by atoms with Gasteiger partial charge in [-0.25, -0.2) is 0 Å². The lowest BCUT2D eigenvalue weighted by Crippen LogP contribution is -2.47. The number of nitrogens with zero attached hydrogens (tertiary/aromatic N) is 2. The number of nitrogens with one attached hydrogen (secondary N) is 1. The zero-order valence-electron chi connectivity index (χ0n) is 10.7. The van der Waals surface area contributed by atoms with Gasteiger partial charge < -0.3 is 15.1 Å². The molecule has 0 bridgehead atoms. The third-order valence-corrected chi connectivity index (χ3v) is 3.59. The van der Waals surface area contributed by atoms with Crippen LogP contribution >= 0.6 is 11.6 Å². The Bertz CT molecular complexity index is 442. The topological polar surface area (TPSA) is 35.6 Å². The molecule has 0 aromatic heterocycles. The Kier molecular flexibility index (Phi) is 4.09. The predicted octanol–water partition coefficient (Wildman–Crippen LogP) is 1.77. The lowest BCUT2D eigenvalue weighted by molar-refractivity contribution is 0.0664. The zero-order chi connectivity index (χ0) is 13.1. The number of hydrogen-bond donors (Lipinski definition) is 1. The van der Waals surface area contributed by atoms with Crippen LogP contribution in [0.2, 0.25) is 5.02 Å². The molecule has 0 radical (unpaired) electrons. The second kappa shape index (κ2) is 5.59. The van der Waals surface area contributed by atoms with Crippen molar-refractivity contribution in [3.63, 3.8) is 0 Å². The highest BCUT2D eigenvalue weighted by molar-refractivity contribution is 6.34. The van der Waals surface area contributed by atoms with Crippen molar-refractivity contribution in [2.24, 2.45) is 0 Å². The van der Waals surface area contributed by atoms with E-state index in [1.807, 2.05) is 18.0 Å². The molecule has 1 aliphatic heterocycles. The maximum atomic E-state index is 12.3. The molecule has 0 atom stereocenters. The van der Waals surface area contributed by atoms with Gasteiger partial charge in [0.1, 0.15) is 0 Å². The Morgan fingerprint density at radius 2 is 1.94 bits per heavy atom. The number of carbonyl (C=O) groups is 1. The Balaban J connectivity index is 2.13. The van der Waals surface area contributed by atoms with E-state index in [9.17, 15) is 4.79 Å². The first-order valence-electron chi connectivity index (χ1n) is 6.07. The molecule has 0 saturated carbocycles. The van der Waals surface area contributed by atoms with Crippen molar-refractivity contribution in [3.05, 3.63) is 28.8 Å². The average Bonchev–Trinajstić information content (AvgIpc) is 2.38. The molecule has 1 heterocycles. The van der Waals surface area contributed by atoms with Crippen LogP contribution in [0.15, 0.2) is 18.2 Å². The average molecular weight is 268 g/mol. The molecule has 0 aliphatic carbocycles. The summed E-state index contributed by atoms with van der Waals surface area (Å²) in [6, 6.07) is 5.44. The quantitative estimate of drug-likeness (QED) is 0.887. The van der Waals surface area contributed by atoms with Crippen LogP contribution in [0.1, 0.15) is 10.4 Å². The van der Waals surface area contributed by atoms with Crippen molar-refractivity contribution >= 4 is 23.2 Å². The lowest BCUT2D eigenvalue weighted by atomic mass is 10.1. The second-order valence-corrected chi connectivity index (χ2v) is 4.95. The largest absolute Gasteiger partial charge is 0.388 e. The van der Waals surface area contributed by atoms with Crippen molar-refractivity contribution < 1.29 is 4.79 Å². The Morgan fingerprint density at radius 1 is 1.28 bits per heavy atom. The summed E-state index contributed by atoms with van der Waals surface area (Å²) in [4.78, 5) is 16.4. The van der Waals surface area contributed by atoms with Crippen LogP contribution in [0.5, 0.6) is 0 Å². The Morgan fingerprint density at radius 3 is 2.50 bits per heavy atom. The van der Waals surface area contributed by atoms with Crippen LogP contribution < -0.4 is 5.32 Å². The zero-order valence-corrected chi connectivity index (χ0v) is 11.5. The fourth-order valence-electron chi connectivity index (χ4n) is 2.02. The number of carbonyl (C=O) groups excluding carboxylic acids is 1. The first-order chi connectivity index (χ1) is 8.61. The maximum absolute atomic E-state index is 12.3. The molecule has 1 N–H and O–H groups in total. The number of piperazine rings is 1. The van der Waals surface area contributed by atoms with Crippen molar-refractivity contribution in [2.75, 3.05) is 45.6 Å². The van der Waals surface area contributed by atoms with E-state index >= 15 is 0 Å². The molecule has 0 spiro atoms. The molecule has 1 aromatic carbocycles. The fourth-order valence-corrected chi connectivity index (χ4v) is 2.29. The van der Waals surface area contributed by atoms with Crippen molar-refractivity contribution in [1.82, 2.24) is 9.80 Å². The van der Waals surface area contributed by atoms with Gasteiger partial charge in [0.25, 0.3) is 5.91 Å². The molecule has 1 amide bonds. The minimum atomic E-state index is 0.0238. The number of rotatable bonds is 2. The number of benzene rings is 1. The molecule has 4 nitrogen and oxygen atoms in total. The van der Waals surface area contributed by atoms with Gasteiger partial charge in [-0.05, 0) is 25.2 Å². The number of halogens is 1. The van der Waals surface area contributed by atoms with Gasteiger partial charge >= 0.3 is 0 Å². The van der Waals surface area contributed by atoms with E-state index in [0.717, 1.165) is 31.9 Å². The van der Waals surface area contributed by atoms with Crippen LogP contribution in [0.3, 0.4) is 0 Å². The van der Waals surface area contributed by atoms with Gasteiger partial charge in [0.2, 0.25) is 0 Å². The summed E-state index contributed by atoms with van der Waals surface area (Å²) in [5.41, 5.74) is 1.50. The van der Waals surface area contributed by atoms with E-state index in [1.54, 1.807) is 12.1 Å². The molecular formula is C13H18ClN3O. The lowest BCUT2D eigenvalue weighted by Gasteiger charge is -2.32. The normalized spacial score (nSPS) is 16.7.